The van der Waals surface area contributed by atoms with Gasteiger partial charge < -0.3 is 14.2 Å². The van der Waals surface area contributed by atoms with Gasteiger partial charge in [-0.25, -0.2) is 9.79 Å². The molecular formula is C31H26BrClN2O5S. The van der Waals surface area contributed by atoms with Crippen LogP contribution in [-0.2, 0) is 16.1 Å². The second-order valence-electron chi connectivity index (χ2n) is 9.12. The number of fused-ring (bicyclic) bond motifs is 1. The largest absolute Gasteiger partial charge is 0.493 e. The minimum Gasteiger partial charge on any atom is -0.493 e. The maximum atomic E-state index is 14.1. The van der Waals surface area contributed by atoms with Crippen molar-refractivity contribution in [3.05, 3.63) is 124 Å². The van der Waals surface area contributed by atoms with Gasteiger partial charge in [0, 0.05) is 15.1 Å². The Morgan fingerprint density at radius 1 is 1.15 bits per heavy atom. The average Bonchev–Trinajstić information content (AvgIpc) is 3.26. The lowest BCUT2D eigenvalue weighted by molar-refractivity contribution is -0.139. The van der Waals surface area contributed by atoms with Crippen molar-refractivity contribution in [2.24, 2.45) is 4.99 Å². The number of nitrogens with zero attached hydrogens (tertiary/aromatic N) is 2. The zero-order valence-corrected chi connectivity index (χ0v) is 25.7. The summed E-state index contributed by atoms with van der Waals surface area (Å²) >= 11 is 11.4. The van der Waals surface area contributed by atoms with Gasteiger partial charge in [0.05, 0.1) is 29.5 Å². The summed E-state index contributed by atoms with van der Waals surface area (Å²) in [6.45, 7) is 3.97. The summed E-state index contributed by atoms with van der Waals surface area (Å²) in [4.78, 5) is 32.3. The predicted molar refractivity (Wildman–Crippen MR) is 163 cm³/mol. The van der Waals surface area contributed by atoms with Crippen molar-refractivity contribution < 1.29 is 19.0 Å². The first-order chi connectivity index (χ1) is 19.8. The molecule has 5 rings (SSSR count). The molecule has 0 bridgehead atoms. The molecule has 1 aromatic heterocycles. The first-order valence-corrected chi connectivity index (χ1v) is 14.8. The van der Waals surface area contributed by atoms with Gasteiger partial charge in [0.15, 0.2) is 16.3 Å². The highest BCUT2D eigenvalue weighted by Crippen LogP contribution is 2.37. The highest BCUT2D eigenvalue weighted by molar-refractivity contribution is 9.10. The van der Waals surface area contributed by atoms with E-state index in [1.54, 1.807) is 45.2 Å². The SMILES string of the molecule is CCOC(=O)C1=C(C)N=c2s/c(=C\c3cc(Br)cc(OC)c3OCc3ccccc3)c(=O)n2[C@@H]1c1ccccc1Cl. The van der Waals surface area contributed by atoms with E-state index in [9.17, 15) is 9.59 Å². The molecule has 7 nitrogen and oxygen atoms in total. The number of thiazole rings is 1. The molecule has 41 heavy (non-hydrogen) atoms. The molecule has 0 N–H and O–H groups in total. The molecule has 0 fully saturated rings. The van der Waals surface area contributed by atoms with Crippen LogP contribution in [0.1, 0.15) is 36.6 Å². The molecule has 0 spiro atoms. The molecule has 3 aromatic carbocycles. The third kappa shape index (κ3) is 5.88. The van der Waals surface area contributed by atoms with Crippen LogP contribution in [0.15, 0.2) is 92.3 Å². The van der Waals surface area contributed by atoms with Gasteiger partial charge >= 0.3 is 5.97 Å². The number of rotatable bonds is 8. The first kappa shape index (κ1) is 28.9. The summed E-state index contributed by atoms with van der Waals surface area (Å²) in [5.41, 5.74) is 2.67. The topological polar surface area (TPSA) is 79.1 Å². The molecular weight excluding hydrogens is 628 g/mol. The molecule has 1 atom stereocenters. The van der Waals surface area contributed by atoms with Crippen LogP contribution in [0.25, 0.3) is 6.08 Å². The Morgan fingerprint density at radius 3 is 2.59 bits per heavy atom. The Hall–Kier alpha value is -3.66. The predicted octanol–water partition coefficient (Wildman–Crippen LogP) is 5.80. The average molecular weight is 654 g/mol. The van der Waals surface area contributed by atoms with Crippen LogP contribution in [0.5, 0.6) is 11.5 Å². The smallest absolute Gasteiger partial charge is 0.338 e. The molecule has 0 saturated carbocycles. The van der Waals surface area contributed by atoms with Crippen molar-refractivity contribution in [2.75, 3.05) is 13.7 Å². The van der Waals surface area contributed by atoms with E-state index in [0.717, 1.165) is 10.0 Å². The number of esters is 1. The quantitative estimate of drug-likeness (QED) is 0.225. The van der Waals surface area contributed by atoms with Gasteiger partial charge in [-0.15, -0.1) is 0 Å². The molecule has 2 heterocycles. The van der Waals surface area contributed by atoms with Crippen LogP contribution >= 0.6 is 38.9 Å². The molecule has 0 aliphatic carbocycles. The number of allylic oxidation sites excluding steroid dienone is 1. The zero-order chi connectivity index (χ0) is 29.1. The normalized spacial score (nSPS) is 14.9. The van der Waals surface area contributed by atoms with E-state index in [4.69, 9.17) is 25.8 Å². The number of ether oxygens (including phenoxy) is 3. The fourth-order valence-corrected chi connectivity index (χ4v) is 6.39. The van der Waals surface area contributed by atoms with Crippen LogP contribution in [-0.4, -0.2) is 24.3 Å². The van der Waals surface area contributed by atoms with Crippen LogP contribution in [0.2, 0.25) is 5.02 Å². The summed E-state index contributed by atoms with van der Waals surface area (Å²) in [7, 11) is 1.57. The van der Waals surface area contributed by atoms with Crippen LogP contribution in [0.4, 0.5) is 0 Å². The Morgan fingerprint density at radius 2 is 1.88 bits per heavy atom. The number of hydrogen-bond donors (Lipinski definition) is 0. The lowest BCUT2D eigenvalue weighted by atomic mass is 9.96. The van der Waals surface area contributed by atoms with Crippen molar-refractivity contribution in [3.63, 3.8) is 0 Å². The van der Waals surface area contributed by atoms with Crippen molar-refractivity contribution >= 4 is 50.9 Å². The second-order valence-corrected chi connectivity index (χ2v) is 11.5. The van der Waals surface area contributed by atoms with E-state index >= 15 is 0 Å². The van der Waals surface area contributed by atoms with Gasteiger partial charge in [-0.05, 0) is 49.2 Å². The molecule has 0 amide bonds. The van der Waals surface area contributed by atoms with Crippen LogP contribution in [0, 0.1) is 0 Å². The summed E-state index contributed by atoms with van der Waals surface area (Å²) in [5.74, 6) is 0.474. The molecule has 0 unspecified atom stereocenters. The monoisotopic (exact) mass is 652 g/mol. The number of carbonyl (C=O) groups is 1. The van der Waals surface area contributed by atoms with E-state index in [0.29, 0.717) is 49.3 Å². The number of halogens is 2. The van der Waals surface area contributed by atoms with Gasteiger partial charge in [0.1, 0.15) is 12.6 Å². The number of carbonyl (C=O) groups excluding carboxylic acids is 1. The summed E-state index contributed by atoms with van der Waals surface area (Å²) < 4.78 is 19.9. The van der Waals surface area contributed by atoms with E-state index < -0.39 is 12.0 Å². The van der Waals surface area contributed by atoms with Gasteiger partial charge in [-0.3, -0.25) is 9.36 Å². The molecule has 0 saturated heterocycles. The summed E-state index contributed by atoms with van der Waals surface area (Å²) in [6, 6.07) is 19.8. The Kier molecular flexibility index (Phi) is 8.77. The van der Waals surface area contributed by atoms with Crippen molar-refractivity contribution in [3.8, 4) is 11.5 Å². The maximum Gasteiger partial charge on any atom is 0.338 e. The fraction of sp³-hybridized carbons (Fsp3) is 0.194. The fourth-order valence-electron chi connectivity index (χ4n) is 4.66. The minimum atomic E-state index is -0.799. The van der Waals surface area contributed by atoms with Crippen LogP contribution in [0.3, 0.4) is 0 Å². The van der Waals surface area contributed by atoms with Crippen molar-refractivity contribution in [2.45, 2.75) is 26.5 Å². The zero-order valence-electron chi connectivity index (χ0n) is 22.5. The molecule has 210 valence electrons. The van der Waals surface area contributed by atoms with E-state index in [-0.39, 0.29) is 17.7 Å². The Balaban J connectivity index is 1.69. The molecule has 4 aromatic rings. The van der Waals surface area contributed by atoms with Gasteiger partial charge in [-0.1, -0.05) is 87.4 Å². The van der Waals surface area contributed by atoms with Crippen molar-refractivity contribution in [1.29, 1.82) is 0 Å². The number of aromatic nitrogens is 1. The number of hydrogen-bond acceptors (Lipinski definition) is 7. The van der Waals surface area contributed by atoms with Gasteiger partial charge in [0.2, 0.25) is 0 Å². The summed E-state index contributed by atoms with van der Waals surface area (Å²) in [5, 5.41) is 0.428. The van der Waals surface area contributed by atoms with Gasteiger partial charge in [-0.2, -0.15) is 0 Å². The molecule has 1 aliphatic rings. The highest BCUT2D eigenvalue weighted by atomic mass is 79.9. The van der Waals surface area contributed by atoms with Crippen LogP contribution < -0.4 is 24.4 Å². The summed E-state index contributed by atoms with van der Waals surface area (Å²) in [6.07, 6.45) is 1.75. The highest BCUT2D eigenvalue weighted by Gasteiger charge is 2.34. The number of methoxy groups -OCH3 is 1. The molecule has 1 aliphatic heterocycles. The Labute approximate surface area is 254 Å². The van der Waals surface area contributed by atoms with Gasteiger partial charge in [0.25, 0.3) is 5.56 Å². The van der Waals surface area contributed by atoms with E-state index in [1.165, 1.54) is 15.9 Å². The van der Waals surface area contributed by atoms with E-state index in [2.05, 4.69) is 20.9 Å². The lowest BCUT2D eigenvalue weighted by Gasteiger charge is -2.25. The minimum absolute atomic E-state index is 0.186. The third-order valence-corrected chi connectivity index (χ3v) is 8.28. The Bertz CT molecular complexity index is 1830. The molecule has 0 radical (unpaired) electrons. The third-order valence-electron chi connectivity index (χ3n) is 6.50. The second kappa shape index (κ2) is 12.5. The number of benzene rings is 3. The van der Waals surface area contributed by atoms with E-state index in [1.807, 2.05) is 48.5 Å². The first-order valence-electron chi connectivity index (χ1n) is 12.8. The van der Waals surface area contributed by atoms with Crippen molar-refractivity contribution in [1.82, 2.24) is 4.57 Å². The maximum absolute atomic E-state index is 14.1. The lowest BCUT2D eigenvalue weighted by Crippen LogP contribution is -2.40. The standard InChI is InChI=1S/C31H26BrClN2O5S/c1-4-39-30(37)26-18(2)34-31-35(27(26)22-12-8-9-13-23(22)33)29(36)25(41-31)15-20-14-21(32)16-24(38-3)28(20)40-17-19-10-6-5-7-11-19/h5-16,27H,4,17H2,1-3H3/b25-15-/t27-/m1/s1. The molecule has 10 heteroatoms.